The molecule has 0 spiro atoms. The van der Waals surface area contributed by atoms with Crippen molar-refractivity contribution in [3.05, 3.63) is 12.7 Å². The van der Waals surface area contributed by atoms with Crippen LogP contribution in [-0.2, 0) is 0 Å². The van der Waals surface area contributed by atoms with Crippen LogP contribution in [0.3, 0.4) is 0 Å². The number of aliphatic hydroxyl groups is 1. The van der Waals surface area contributed by atoms with Gasteiger partial charge in [0.25, 0.3) is 0 Å². The first kappa shape index (κ1) is 8.75. The molecule has 0 aromatic rings. The maximum Gasteiger partial charge on any atom is 0.0546 e. The van der Waals surface area contributed by atoms with Gasteiger partial charge in [-0.2, -0.15) is 0 Å². The van der Waals surface area contributed by atoms with Gasteiger partial charge in [0.15, 0.2) is 0 Å². The molecule has 2 N–H and O–H groups in total. The van der Waals surface area contributed by atoms with Crippen LogP contribution in [0.2, 0.25) is 0 Å². The van der Waals surface area contributed by atoms with E-state index in [-0.39, 0.29) is 6.10 Å². The molecule has 1 rings (SSSR count). The van der Waals surface area contributed by atoms with Crippen molar-refractivity contribution in [1.82, 2.24) is 5.32 Å². The number of aliphatic hydroxyl groups excluding tert-OH is 1. The number of rotatable bonds is 4. The molecule has 1 aliphatic rings. The third-order valence-corrected chi connectivity index (χ3v) is 2.29. The van der Waals surface area contributed by atoms with Gasteiger partial charge in [0.05, 0.1) is 6.10 Å². The standard InChI is InChI=1S/C9H17NO/c1-3-7(2)10-6-8-4-9(11)5-8/h3,7-11H,1,4-6H2,2H3. The molecule has 2 heteroatoms. The van der Waals surface area contributed by atoms with Crippen LogP contribution in [0.25, 0.3) is 0 Å². The SMILES string of the molecule is C=CC(C)NCC1CC(O)C1. The molecule has 1 unspecified atom stereocenters. The third kappa shape index (κ3) is 2.64. The lowest BCUT2D eigenvalue weighted by atomic mass is 9.82. The molecule has 0 bridgehead atoms. The van der Waals surface area contributed by atoms with Gasteiger partial charge in [0.1, 0.15) is 0 Å². The normalized spacial score (nSPS) is 32.5. The van der Waals surface area contributed by atoms with E-state index in [1.165, 1.54) is 0 Å². The summed E-state index contributed by atoms with van der Waals surface area (Å²) in [4.78, 5) is 0. The molecule has 1 saturated carbocycles. The van der Waals surface area contributed by atoms with Crippen molar-refractivity contribution in [2.45, 2.75) is 31.9 Å². The summed E-state index contributed by atoms with van der Waals surface area (Å²) in [6.45, 7) is 6.79. The van der Waals surface area contributed by atoms with Gasteiger partial charge in [-0.3, -0.25) is 0 Å². The highest BCUT2D eigenvalue weighted by Crippen LogP contribution is 2.26. The van der Waals surface area contributed by atoms with Gasteiger partial charge < -0.3 is 10.4 Å². The number of nitrogens with one attached hydrogen (secondary N) is 1. The first-order valence-electron chi connectivity index (χ1n) is 4.26. The highest BCUT2D eigenvalue weighted by molar-refractivity contribution is 4.85. The Hall–Kier alpha value is -0.340. The summed E-state index contributed by atoms with van der Waals surface area (Å²) in [6, 6.07) is 0.396. The summed E-state index contributed by atoms with van der Waals surface area (Å²) in [7, 11) is 0. The maximum absolute atomic E-state index is 8.99. The molecule has 0 heterocycles. The lowest BCUT2D eigenvalue weighted by Gasteiger charge is -2.32. The Morgan fingerprint density at radius 3 is 2.82 bits per heavy atom. The van der Waals surface area contributed by atoms with Crippen LogP contribution in [0.15, 0.2) is 12.7 Å². The van der Waals surface area contributed by atoms with Gasteiger partial charge >= 0.3 is 0 Å². The zero-order chi connectivity index (χ0) is 8.27. The van der Waals surface area contributed by atoms with Crippen LogP contribution >= 0.6 is 0 Å². The Kier molecular flexibility index (Phi) is 3.09. The van der Waals surface area contributed by atoms with Crippen molar-refractivity contribution < 1.29 is 5.11 Å². The molecule has 1 atom stereocenters. The molecule has 1 fully saturated rings. The predicted molar refractivity (Wildman–Crippen MR) is 46.4 cm³/mol. The highest BCUT2D eigenvalue weighted by Gasteiger charge is 2.26. The fraction of sp³-hybridized carbons (Fsp3) is 0.778. The van der Waals surface area contributed by atoms with E-state index < -0.39 is 0 Å². The molecule has 2 nitrogen and oxygen atoms in total. The highest BCUT2D eigenvalue weighted by atomic mass is 16.3. The lowest BCUT2D eigenvalue weighted by molar-refractivity contribution is 0.0426. The minimum atomic E-state index is -0.0270. The molecule has 0 aliphatic heterocycles. The zero-order valence-corrected chi connectivity index (χ0v) is 7.09. The average Bonchev–Trinajstić information content (AvgIpc) is 1.95. The Morgan fingerprint density at radius 1 is 1.73 bits per heavy atom. The van der Waals surface area contributed by atoms with E-state index in [0.29, 0.717) is 12.0 Å². The van der Waals surface area contributed by atoms with E-state index in [9.17, 15) is 0 Å². The Bertz CT molecular complexity index is 130. The van der Waals surface area contributed by atoms with Crippen LogP contribution in [-0.4, -0.2) is 23.8 Å². The summed E-state index contributed by atoms with van der Waals surface area (Å²) in [6.07, 6.45) is 3.81. The first-order valence-corrected chi connectivity index (χ1v) is 4.26. The first-order chi connectivity index (χ1) is 5.22. The average molecular weight is 155 g/mol. The smallest absolute Gasteiger partial charge is 0.0546 e. The van der Waals surface area contributed by atoms with Crippen LogP contribution in [0.4, 0.5) is 0 Å². The minimum Gasteiger partial charge on any atom is -0.393 e. The van der Waals surface area contributed by atoms with E-state index in [1.807, 2.05) is 6.08 Å². The van der Waals surface area contributed by atoms with Gasteiger partial charge in [-0.05, 0) is 32.2 Å². The van der Waals surface area contributed by atoms with E-state index in [0.717, 1.165) is 19.4 Å². The van der Waals surface area contributed by atoms with Crippen LogP contribution in [0, 0.1) is 5.92 Å². The number of hydrogen-bond donors (Lipinski definition) is 2. The van der Waals surface area contributed by atoms with Crippen molar-refractivity contribution in [1.29, 1.82) is 0 Å². The Morgan fingerprint density at radius 2 is 2.36 bits per heavy atom. The van der Waals surface area contributed by atoms with Gasteiger partial charge in [0.2, 0.25) is 0 Å². The molecule has 0 aromatic carbocycles. The van der Waals surface area contributed by atoms with Crippen LogP contribution in [0.1, 0.15) is 19.8 Å². The van der Waals surface area contributed by atoms with Gasteiger partial charge in [-0.1, -0.05) is 6.08 Å². The number of hydrogen-bond acceptors (Lipinski definition) is 2. The fourth-order valence-corrected chi connectivity index (χ4v) is 1.30. The molecular formula is C9H17NO. The van der Waals surface area contributed by atoms with E-state index >= 15 is 0 Å². The summed E-state index contributed by atoms with van der Waals surface area (Å²) in [5.74, 6) is 0.687. The second-order valence-electron chi connectivity index (χ2n) is 3.42. The molecule has 0 aromatic heterocycles. The van der Waals surface area contributed by atoms with Crippen molar-refractivity contribution >= 4 is 0 Å². The second-order valence-corrected chi connectivity index (χ2v) is 3.42. The third-order valence-electron chi connectivity index (χ3n) is 2.29. The quantitative estimate of drug-likeness (QED) is 0.592. The molecule has 0 radical (unpaired) electrons. The minimum absolute atomic E-state index is 0.0270. The second kappa shape index (κ2) is 3.88. The Balaban J connectivity index is 2.00. The van der Waals surface area contributed by atoms with E-state index in [1.54, 1.807) is 0 Å². The molecule has 1 aliphatic carbocycles. The fourth-order valence-electron chi connectivity index (χ4n) is 1.30. The molecule has 0 saturated heterocycles. The van der Waals surface area contributed by atoms with Crippen molar-refractivity contribution in [2.24, 2.45) is 5.92 Å². The van der Waals surface area contributed by atoms with Crippen molar-refractivity contribution in [3.8, 4) is 0 Å². The topological polar surface area (TPSA) is 32.3 Å². The van der Waals surface area contributed by atoms with E-state index in [4.69, 9.17) is 5.11 Å². The van der Waals surface area contributed by atoms with Gasteiger partial charge in [-0.15, -0.1) is 6.58 Å². The maximum atomic E-state index is 8.99. The monoisotopic (exact) mass is 155 g/mol. The van der Waals surface area contributed by atoms with E-state index in [2.05, 4.69) is 18.8 Å². The van der Waals surface area contributed by atoms with Crippen molar-refractivity contribution in [3.63, 3.8) is 0 Å². The largest absolute Gasteiger partial charge is 0.393 e. The molecular weight excluding hydrogens is 138 g/mol. The summed E-state index contributed by atoms with van der Waals surface area (Å²) in [5.41, 5.74) is 0. The lowest BCUT2D eigenvalue weighted by Crippen LogP contribution is -2.38. The summed E-state index contributed by atoms with van der Waals surface area (Å²) < 4.78 is 0. The molecule has 64 valence electrons. The van der Waals surface area contributed by atoms with Crippen molar-refractivity contribution in [2.75, 3.05) is 6.54 Å². The van der Waals surface area contributed by atoms with Crippen LogP contribution < -0.4 is 5.32 Å². The van der Waals surface area contributed by atoms with Crippen LogP contribution in [0.5, 0.6) is 0 Å². The summed E-state index contributed by atoms with van der Waals surface area (Å²) in [5, 5.41) is 12.3. The Labute approximate surface area is 68.3 Å². The molecule has 0 amide bonds. The summed E-state index contributed by atoms with van der Waals surface area (Å²) >= 11 is 0. The van der Waals surface area contributed by atoms with Gasteiger partial charge in [0, 0.05) is 6.04 Å². The molecule has 11 heavy (non-hydrogen) atoms. The van der Waals surface area contributed by atoms with Gasteiger partial charge in [-0.25, -0.2) is 0 Å². The predicted octanol–water partition coefficient (Wildman–Crippen LogP) is 0.921. The zero-order valence-electron chi connectivity index (χ0n) is 7.09.